The molecule has 1 heterocycles. The Labute approximate surface area is 88.9 Å². The molecule has 82 valence electrons. The van der Waals surface area contributed by atoms with E-state index in [9.17, 15) is 4.79 Å². The largest absolute Gasteiger partial charge is 0.469 e. The lowest BCUT2D eigenvalue weighted by atomic mass is 10.3. The molecule has 5 heteroatoms. The van der Waals surface area contributed by atoms with E-state index in [1.165, 1.54) is 7.11 Å². The van der Waals surface area contributed by atoms with Crippen molar-refractivity contribution in [3.63, 3.8) is 0 Å². The number of methoxy groups -OCH3 is 1. The molecule has 0 aliphatic carbocycles. The molecule has 0 atom stereocenters. The minimum atomic E-state index is -0.236. The van der Waals surface area contributed by atoms with Crippen LogP contribution in [0.4, 0.5) is 5.82 Å². The highest BCUT2D eigenvalue weighted by Gasteiger charge is 2.00. The maximum Gasteiger partial charge on any atom is 0.307 e. The van der Waals surface area contributed by atoms with Crippen LogP contribution in [0.1, 0.15) is 19.0 Å². The first kappa shape index (κ1) is 11.4. The minimum absolute atomic E-state index is 0.236. The van der Waals surface area contributed by atoms with Gasteiger partial charge in [-0.25, -0.2) is 0 Å². The number of rotatable bonds is 5. The highest BCUT2D eigenvalue weighted by molar-refractivity contribution is 5.69. The van der Waals surface area contributed by atoms with Crippen molar-refractivity contribution >= 4 is 11.8 Å². The smallest absolute Gasteiger partial charge is 0.307 e. The van der Waals surface area contributed by atoms with Gasteiger partial charge in [0.1, 0.15) is 5.82 Å². The van der Waals surface area contributed by atoms with Gasteiger partial charge in [0, 0.05) is 6.54 Å². The normalized spacial score (nSPS) is 9.73. The monoisotopic (exact) mass is 209 g/mol. The van der Waals surface area contributed by atoms with E-state index in [1.807, 2.05) is 19.1 Å². The number of ether oxygens (including phenoxy) is 1. The second-order valence-electron chi connectivity index (χ2n) is 3.02. The van der Waals surface area contributed by atoms with E-state index >= 15 is 0 Å². The first-order chi connectivity index (χ1) is 7.26. The highest BCUT2D eigenvalue weighted by Crippen LogP contribution is 2.02. The molecule has 0 fully saturated rings. The Balaban J connectivity index is 2.34. The van der Waals surface area contributed by atoms with Crippen molar-refractivity contribution in [1.82, 2.24) is 10.2 Å². The quantitative estimate of drug-likeness (QED) is 0.733. The topological polar surface area (TPSA) is 64.1 Å². The van der Waals surface area contributed by atoms with Crippen LogP contribution in [0.5, 0.6) is 0 Å². The lowest BCUT2D eigenvalue weighted by Crippen LogP contribution is -2.10. The number of hydrogen-bond donors (Lipinski definition) is 1. The van der Waals surface area contributed by atoms with Crippen LogP contribution < -0.4 is 5.32 Å². The van der Waals surface area contributed by atoms with Gasteiger partial charge in [0.25, 0.3) is 0 Å². The second kappa shape index (κ2) is 5.95. The van der Waals surface area contributed by atoms with Gasteiger partial charge in [0.2, 0.25) is 0 Å². The Morgan fingerprint density at radius 3 is 2.80 bits per heavy atom. The Morgan fingerprint density at radius 1 is 1.47 bits per heavy atom. The number of carbonyl (C=O) groups is 1. The molecule has 0 spiro atoms. The van der Waals surface area contributed by atoms with Gasteiger partial charge in [-0.1, -0.05) is 6.92 Å². The number of aromatic nitrogens is 2. The highest BCUT2D eigenvalue weighted by atomic mass is 16.5. The van der Waals surface area contributed by atoms with Gasteiger partial charge in [-0.05, 0) is 18.6 Å². The van der Waals surface area contributed by atoms with Crippen molar-refractivity contribution in [3.05, 3.63) is 17.8 Å². The zero-order valence-electron chi connectivity index (χ0n) is 8.99. The predicted octanol–water partition coefficient (Wildman–Crippen LogP) is 1.01. The maximum atomic E-state index is 10.8. The molecule has 0 radical (unpaired) electrons. The molecule has 5 nitrogen and oxygen atoms in total. The first-order valence-electron chi connectivity index (χ1n) is 4.89. The van der Waals surface area contributed by atoms with Crippen molar-refractivity contribution in [3.8, 4) is 0 Å². The average molecular weight is 209 g/mol. The van der Waals surface area contributed by atoms with E-state index in [4.69, 9.17) is 0 Å². The zero-order chi connectivity index (χ0) is 11.1. The molecule has 1 aromatic rings. The number of anilines is 1. The van der Waals surface area contributed by atoms with Crippen LogP contribution in [0.25, 0.3) is 0 Å². The van der Waals surface area contributed by atoms with E-state index in [1.54, 1.807) is 0 Å². The van der Waals surface area contributed by atoms with Gasteiger partial charge < -0.3 is 10.1 Å². The molecule has 0 amide bonds. The summed E-state index contributed by atoms with van der Waals surface area (Å²) in [7, 11) is 1.37. The average Bonchev–Trinajstić information content (AvgIpc) is 2.29. The Hall–Kier alpha value is -1.65. The van der Waals surface area contributed by atoms with Crippen LogP contribution in [0.3, 0.4) is 0 Å². The molecule has 0 aromatic carbocycles. The van der Waals surface area contributed by atoms with E-state index < -0.39 is 0 Å². The fraction of sp³-hybridized carbons (Fsp3) is 0.500. The van der Waals surface area contributed by atoms with Crippen molar-refractivity contribution in [2.45, 2.75) is 19.8 Å². The second-order valence-corrected chi connectivity index (χ2v) is 3.02. The van der Waals surface area contributed by atoms with Crippen LogP contribution in [0.2, 0.25) is 0 Å². The fourth-order valence-electron chi connectivity index (χ4n) is 1.04. The molecule has 0 aliphatic heterocycles. The lowest BCUT2D eigenvalue weighted by Gasteiger charge is -2.03. The SMILES string of the molecule is CCc1ccc(NCCC(=O)OC)nn1. The number of esters is 1. The molecule has 0 saturated heterocycles. The van der Waals surface area contributed by atoms with E-state index in [0.29, 0.717) is 18.8 Å². The Morgan fingerprint density at radius 2 is 2.27 bits per heavy atom. The first-order valence-corrected chi connectivity index (χ1v) is 4.89. The Kier molecular flexibility index (Phi) is 4.53. The summed E-state index contributed by atoms with van der Waals surface area (Å²) in [6.45, 7) is 2.53. The molecule has 0 aliphatic rings. The van der Waals surface area contributed by atoms with E-state index in [-0.39, 0.29) is 5.97 Å². The molecular formula is C10H15N3O2. The summed E-state index contributed by atoms with van der Waals surface area (Å²) in [6, 6.07) is 3.76. The number of hydrogen-bond acceptors (Lipinski definition) is 5. The Bertz CT molecular complexity index is 311. The van der Waals surface area contributed by atoms with Crippen molar-refractivity contribution in [1.29, 1.82) is 0 Å². The number of carbonyl (C=O) groups excluding carboxylic acids is 1. The van der Waals surface area contributed by atoms with Crippen LogP contribution in [0, 0.1) is 0 Å². The lowest BCUT2D eigenvalue weighted by molar-refractivity contribution is -0.140. The third-order valence-corrected chi connectivity index (χ3v) is 1.94. The van der Waals surface area contributed by atoms with Crippen LogP contribution in [-0.2, 0) is 16.0 Å². The van der Waals surface area contributed by atoms with Crippen molar-refractivity contribution < 1.29 is 9.53 Å². The van der Waals surface area contributed by atoms with Crippen molar-refractivity contribution in [2.75, 3.05) is 19.0 Å². The van der Waals surface area contributed by atoms with E-state index in [0.717, 1.165) is 12.1 Å². The molecular weight excluding hydrogens is 194 g/mol. The summed E-state index contributed by atoms with van der Waals surface area (Å²) in [5.41, 5.74) is 0.952. The van der Waals surface area contributed by atoms with Crippen LogP contribution in [0.15, 0.2) is 12.1 Å². The number of nitrogens with one attached hydrogen (secondary N) is 1. The van der Waals surface area contributed by atoms with E-state index in [2.05, 4.69) is 20.3 Å². The van der Waals surface area contributed by atoms with Crippen molar-refractivity contribution in [2.24, 2.45) is 0 Å². The maximum absolute atomic E-state index is 10.8. The molecule has 1 N–H and O–H groups in total. The minimum Gasteiger partial charge on any atom is -0.469 e. The van der Waals surface area contributed by atoms with Gasteiger partial charge in [0.15, 0.2) is 0 Å². The predicted molar refractivity (Wildman–Crippen MR) is 56.5 cm³/mol. The number of aryl methyl sites for hydroxylation is 1. The molecule has 1 aromatic heterocycles. The molecule has 1 rings (SSSR count). The third kappa shape index (κ3) is 3.93. The molecule has 15 heavy (non-hydrogen) atoms. The van der Waals surface area contributed by atoms with Gasteiger partial charge in [-0.2, -0.15) is 5.10 Å². The summed E-state index contributed by atoms with van der Waals surface area (Å²) in [6.07, 6.45) is 1.20. The third-order valence-electron chi connectivity index (χ3n) is 1.94. The summed E-state index contributed by atoms with van der Waals surface area (Å²) >= 11 is 0. The summed E-state index contributed by atoms with van der Waals surface area (Å²) in [4.78, 5) is 10.8. The number of nitrogens with zero attached hydrogens (tertiary/aromatic N) is 2. The van der Waals surface area contributed by atoms with Gasteiger partial charge in [-0.15, -0.1) is 5.10 Å². The summed E-state index contributed by atoms with van der Waals surface area (Å²) < 4.78 is 4.51. The molecule has 0 unspecified atom stereocenters. The van der Waals surface area contributed by atoms with Gasteiger partial charge in [-0.3, -0.25) is 4.79 Å². The summed E-state index contributed by atoms with van der Waals surface area (Å²) in [5, 5.41) is 10.9. The van der Waals surface area contributed by atoms with Gasteiger partial charge in [0.05, 0.1) is 19.2 Å². The standard InChI is InChI=1S/C10H15N3O2/c1-3-8-4-5-9(13-12-8)11-7-6-10(14)15-2/h4-5H,3,6-7H2,1-2H3,(H,11,13). The molecule has 0 bridgehead atoms. The zero-order valence-corrected chi connectivity index (χ0v) is 8.99. The molecule has 0 saturated carbocycles. The van der Waals surface area contributed by atoms with Crippen LogP contribution >= 0.6 is 0 Å². The fourth-order valence-corrected chi connectivity index (χ4v) is 1.04. The summed E-state index contributed by atoms with van der Waals surface area (Å²) in [5.74, 6) is 0.441. The van der Waals surface area contributed by atoms with Crippen LogP contribution in [-0.4, -0.2) is 29.8 Å². The van der Waals surface area contributed by atoms with Gasteiger partial charge >= 0.3 is 5.97 Å².